The first-order chi connectivity index (χ1) is 12.1. The van der Waals surface area contributed by atoms with Crippen LogP contribution < -0.4 is 5.32 Å². The summed E-state index contributed by atoms with van der Waals surface area (Å²) in [5, 5.41) is 2.93. The van der Waals surface area contributed by atoms with Crippen LogP contribution in [0.2, 0.25) is 0 Å². The van der Waals surface area contributed by atoms with E-state index in [2.05, 4.69) is 19.2 Å². The van der Waals surface area contributed by atoms with Crippen molar-refractivity contribution >= 4 is 11.8 Å². The lowest BCUT2D eigenvalue weighted by Gasteiger charge is -2.39. The highest BCUT2D eigenvalue weighted by Gasteiger charge is 2.41. The molecule has 1 aliphatic rings. The van der Waals surface area contributed by atoms with Crippen molar-refractivity contribution in [2.45, 2.75) is 38.9 Å². The van der Waals surface area contributed by atoms with Crippen LogP contribution in [0.15, 0.2) is 60.7 Å². The molecular formula is C21H24N2O2. The average molecular weight is 336 g/mol. The average Bonchev–Trinajstić information content (AvgIpc) is 2.60. The Kier molecular flexibility index (Phi) is 5.17. The fourth-order valence-electron chi connectivity index (χ4n) is 3.33. The predicted octanol–water partition coefficient (Wildman–Crippen LogP) is 3.30. The molecule has 3 rings (SSSR count). The van der Waals surface area contributed by atoms with Crippen molar-refractivity contribution in [3.8, 4) is 0 Å². The lowest BCUT2D eigenvalue weighted by atomic mass is 9.94. The van der Waals surface area contributed by atoms with Gasteiger partial charge in [0.2, 0.25) is 11.8 Å². The van der Waals surface area contributed by atoms with Crippen molar-refractivity contribution in [1.82, 2.24) is 10.2 Å². The Morgan fingerprint density at radius 3 is 2.16 bits per heavy atom. The summed E-state index contributed by atoms with van der Waals surface area (Å²) in [6.45, 7) is 4.55. The Morgan fingerprint density at radius 1 is 0.960 bits per heavy atom. The first-order valence-electron chi connectivity index (χ1n) is 8.76. The van der Waals surface area contributed by atoms with E-state index in [1.807, 2.05) is 60.7 Å². The van der Waals surface area contributed by atoms with Crippen molar-refractivity contribution in [2.75, 3.05) is 0 Å². The maximum absolute atomic E-state index is 13.1. The van der Waals surface area contributed by atoms with Gasteiger partial charge in [-0.3, -0.25) is 9.59 Å². The molecule has 0 aliphatic carbocycles. The molecule has 25 heavy (non-hydrogen) atoms. The molecule has 2 aromatic carbocycles. The number of rotatable bonds is 5. The van der Waals surface area contributed by atoms with Gasteiger partial charge in [-0.05, 0) is 23.5 Å². The largest absolute Gasteiger partial charge is 0.342 e. The number of nitrogens with zero attached hydrogens (tertiary/aromatic N) is 1. The van der Waals surface area contributed by atoms with E-state index >= 15 is 0 Å². The minimum absolute atomic E-state index is 0.00833. The second kappa shape index (κ2) is 7.51. The molecule has 1 N–H and O–H groups in total. The van der Waals surface area contributed by atoms with Crippen LogP contribution in [0, 0.1) is 5.92 Å². The molecule has 4 nitrogen and oxygen atoms in total. The predicted molar refractivity (Wildman–Crippen MR) is 97.6 cm³/mol. The quantitative estimate of drug-likeness (QED) is 0.911. The summed E-state index contributed by atoms with van der Waals surface area (Å²) in [7, 11) is 0. The molecule has 1 saturated heterocycles. The van der Waals surface area contributed by atoms with Crippen LogP contribution in [0.4, 0.5) is 0 Å². The Labute approximate surface area is 148 Å². The molecule has 2 amide bonds. The van der Waals surface area contributed by atoms with Gasteiger partial charge in [0, 0.05) is 6.54 Å². The monoisotopic (exact) mass is 336 g/mol. The van der Waals surface area contributed by atoms with Gasteiger partial charge in [0.1, 0.15) is 12.1 Å². The van der Waals surface area contributed by atoms with Crippen LogP contribution in [-0.2, 0) is 16.1 Å². The molecule has 1 fully saturated rings. The van der Waals surface area contributed by atoms with E-state index in [1.165, 1.54) is 0 Å². The molecule has 0 spiro atoms. The number of amides is 2. The zero-order valence-electron chi connectivity index (χ0n) is 14.7. The van der Waals surface area contributed by atoms with E-state index in [9.17, 15) is 9.59 Å². The van der Waals surface area contributed by atoms with Gasteiger partial charge in [0.15, 0.2) is 0 Å². The molecule has 0 radical (unpaired) electrons. The van der Waals surface area contributed by atoms with E-state index in [0.29, 0.717) is 18.9 Å². The van der Waals surface area contributed by atoms with Gasteiger partial charge in [-0.1, -0.05) is 74.5 Å². The molecule has 0 saturated carbocycles. The van der Waals surface area contributed by atoms with Crippen molar-refractivity contribution < 1.29 is 9.59 Å². The summed E-state index contributed by atoms with van der Waals surface area (Å²) in [5.74, 6) is 0.222. The third-order valence-electron chi connectivity index (χ3n) is 4.48. The highest BCUT2D eigenvalue weighted by atomic mass is 16.2. The second-order valence-electron chi connectivity index (χ2n) is 6.96. The first kappa shape index (κ1) is 17.2. The van der Waals surface area contributed by atoms with E-state index in [4.69, 9.17) is 0 Å². The van der Waals surface area contributed by atoms with Gasteiger partial charge in [0.05, 0.1) is 0 Å². The van der Waals surface area contributed by atoms with E-state index in [-0.39, 0.29) is 11.8 Å². The third-order valence-corrected chi connectivity index (χ3v) is 4.48. The zero-order chi connectivity index (χ0) is 17.8. The Balaban J connectivity index is 1.94. The number of benzene rings is 2. The third kappa shape index (κ3) is 3.90. The summed E-state index contributed by atoms with van der Waals surface area (Å²) in [6, 6.07) is 18.3. The molecule has 1 aliphatic heterocycles. The van der Waals surface area contributed by atoms with Crippen molar-refractivity contribution in [1.29, 1.82) is 0 Å². The summed E-state index contributed by atoms with van der Waals surface area (Å²) in [5.41, 5.74) is 1.86. The second-order valence-corrected chi connectivity index (χ2v) is 6.96. The standard InChI is InChI=1S/C21H24N2O2/c1-15(2)13-18-21(25)23(14-16-9-5-3-6-10-16)19(20(24)22-18)17-11-7-4-8-12-17/h3-12,15,18-19H,13-14H2,1-2H3,(H,22,24). The van der Waals surface area contributed by atoms with Crippen LogP contribution in [0.25, 0.3) is 0 Å². The number of nitrogens with one attached hydrogen (secondary N) is 1. The first-order valence-corrected chi connectivity index (χ1v) is 8.76. The minimum atomic E-state index is -0.586. The van der Waals surface area contributed by atoms with Crippen molar-refractivity contribution in [3.05, 3.63) is 71.8 Å². The molecule has 1 heterocycles. The van der Waals surface area contributed by atoms with Gasteiger partial charge in [-0.15, -0.1) is 0 Å². The topological polar surface area (TPSA) is 49.4 Å². The van der Waals surface area contributed by atoms with Crippen LogP contribution in [0.5, 0.6) is 0 Å². The number of carbonyl (C=O) groups excluding carboxylic acids is 2. The van der Waals surface area contributed by atoms with Gasteiger partial charge in [-0.2, -0.15) is 0 Å². The molecular weight excluding hydrogens is 312 g/mol. The highest BCUT2D eigenvalue weighted by molar-refractivity contribution is 5.97. The summed E-state index contributed by atoms with van der Waals surface area (Å²) in [6.07, 6.45) is 0.650. The fourth-order valence-corrected chi connectivity index (χ4v) is 3.33. The maximum Gasteiger partial charge on any atom is 0.248 e. The van der Waals surface area contributed by atoms with Gasteiger partial charge >= 0.3 is 0 Å². The lowest BCUT2D eigenvalue weighted by molar-refractivity contribution is -0.150. The normalized spacial score (nSPS) is 20.7. The zero-order valence-corrected chi connectivity index (χ0v) is 14.7. The van der Waals surface area contributed by atoms with E-state index in [0.717, 1.165) is 11.1 Å². The summed E-state index contributed by atoms with van der Waals surface area (Å²) >= 11 is 0. The number of carbonyl (C=O) groups is 2. The van der Waals surface area contributed by atoms with Gasteiger partial charge in [-0.25, -0.2) is 0 Å². The molecule has 130 valence electrons. The van der Waals surface area contributed by atoms with Gasteiger partial charge in [0.25, 0.3) is 0 Å². The number of piperazine rings is 1. The molecule has 2 aromatic rings. The molecule has 0 bridgehead atoms. The van der Waals surface area contributed by atoms with Crippen molar-refractivity contribution in [2.24, 2.45) is 5.92 Å². The fraction of sp³-hybridized carbons (Fsp3) is 0.333. The SMILES string of the molecule is CC(C)CC1NC(=O)C(c2ccccc2)N(Cc2ccccc2)C1=O. The van der Waals surface area contributed by atoms with Crippen LogP contribution in [0.3, 0.4) is 0 Å². The summed E-state index contributed by atoms with van der Waals surface area (Å²) in [4.78, 5) is 27.7. The van der Waals surface area contributed by atoms with E-state index < -0.39 is 12.1 Å². The smallest absolute Gasteiger partial charge is 0.248 e. The van der Waals surface area contributed by atoms with Gasteiger partial charge < -0.3 is 10.2 Å². The molecule has 2 atom stereocenters. The maximum atomic E-state index is 13.1. The molecule has 4 heteroatoms. The lowest BCUT2D eigenvalue weighted by Crippen LogP contribution is -2.59. The highest BCUT2D eigenvalue weighted by Crippen LogP contribution is 2.28. The van der Waals surface area contributed by atoms with Crippen molar-refractivity contribution in [3.63, 3.8) is 0 Å². The number of hydrogen-bond acceptors (Lipinski definition) is 2. The Bertz CT molecular complexity index is 728. The summed E-state index contributed by atoms with van der Waals surface area (Å²) < 4.78 is 0. The Morgan fingerprint density at radius 2 is 1.56 bits per heavy atom. The van der Waals surface area contributed by atoms with Crippen LogP contribution in [-0.4, -0.2) is 22.8 Å². The van der Waals surface area contributed by atoms with Crippen LogP contribution in [0.1, 0.15) is 37.4 Å². The van der Waals surface area contributed by atoms with Crippen LogP contribution >= 0.6 is 0 Å². The molecule has 0 aromatic heterocycles. The van der Waals surface area contributed by atoms with E-state index in [1.54, 1.807) is 4.90 Å². The number of hydrogen-bond donors (Lipinski definition) is 1. The minimum Gasteiger partial charge on any atom is -0.342 e. The Hall–Kier alpha value is -2.62. The molecule has 2 unspecified atom stereocenters.